The van der Waals surface area contributed by atoms with Crippen LogP contribution in [0, 0.1) is 5.92 Å². The summed E-state index contributed by atoms with van der Waals surface area (Å²) in [5.74, 6) is 0.552. The molecule has 0 aromatic heterocycles. The van der Waals surface area contributed by atoms with E-state index >= 15 is 0 Å². The fraction of sp³-hybridized carbons (Fsp3) is 0.500. The van der Waals surface area contributed by atoms with Gasteiger partial charge in [-0.05, 0) is 30.0 Å². The van der Waals surface area contributed by atoms with E-state index in [1.54, 1.807) is 0 Å². The van der Waals surface area contributed by atoms with Crippen LogP contribution in [0.5, 0.6) is 0 Å². The molecule has 0 amide bonds. The number of hydrogen-bond donors (Lipinski definition) is 0. The molecule has 0 aliphatic carbocycles. The van der Waals surface area contributed by atoms with Gasteiger partial charge in [-0.1, -0.05) is 35.0 Å². The van der Waals surface area contributed by atoms with Gasteiger partial charge in [-0.15, -0.1) is 11.6 Å². The first kappa shape index (κ1) is 11.4. The number of halogens is 2. The summed E-state index contributed by atoms with van der Waals surface area (Å²) in [6, 6.07) is 8.14. The third-order valence-corrected chi connectivity index (χ3v) is 3.95. The molecule has 0 saturated carbocycles. The van der Waals surface area contributed by atoms with Gasteiger partial charge in [0.2, 0.25) is 0 Å². The Morgan fingerprint density at radius 2 is 2.07 bits per heavy atom. The minimum absolute atomic E-state index is 0.0319. The smallest absolute Gasteiger partial charge is 0.0849 e. The zero-order valence-electron chi connectivity index (χ0n) is 8.62. The van der Waals surface area contributed by atoms with Gasteiger partial charge in [0.05, 0.1) is 11.5 Å². The lowest BCUT2D eigenvalue weighted by molar-refractivity contribution is 0.0903. The van der Waals surface area contributed by atoms with Crippen molar-refractivity contribution in [3.05, 3.63) is 34.3 Å². The van der Waals surface area contributed by atoms with Gasteiger partial charge in [0.25, 0.3) is 0 Å². The lowest BCUT2D eigenvalue weighted by Crippen LogP contribution is -2.19. The van der Waals surface area contributed by atoms with Gasteiger partial charge in [0.1, 0.15) is 0 Å². The Labute approximate surface area is 104 Å². The van der Waals surface area contributed by atoms with Crippen molar-refractivity contribution in [1.29, 1.82) is 0 Å². The molecule has 3 unspecified atom stereocenters. The first-order valence-electron chi connectivity index (χ1n) is 5.19. The number of rotatable bonds is 2. The standard InChI is InChI=1S/C12H14BrClO/c1-8-6-7-15-12(8)11(14)9-2-4-10(13)5-3-9/h2-5,8,11-12H,6-7H2,1H3. The summed E-state index contributed by atoms with van der Waals surface area (Å²) in [4.78, 5) is 0. The summed E-state index contributed by atoms with van der Waals surface area (Å²) in [6.45, 7) is 3.04. The summed E-state index contributed by atoms with van der Waals surface area (Å²) in [7, 11) is 0. The molecule has 0 bridgehead atoms. The fourth-order valence-corrected chi connectivity index (χ4v) is 2.66. The third kappa shape index (κ3) is 2.55. The van der Waals surface area contributed by atoms with Crippen LogP contribution in [0.25, 0.3) is 0 Å². The van der Waals surface area contributed by atoms with Crippen molar-refractivity contribution in [1.82, 2.24) is 0 Å². The van der Waals surface area contributed by atoms with Gasteiger partial charge >= 0.3 is 0 Å². The third-order valence-electron chi connectivity index (χ3n) is 2.92. The summed E-state index contributed by atoms with van der Waals surface area (Å²) < 4.78 is 6.75. The van der Waals surface area contributed by atoms with E-state index in [0.717, 1.165) is 23.1 Å². The number of ether oxygens (including phenoxy) is 1. The SMILES string of the molecule is CC1CCOC1C(Cl)c1ccc(Br)cc1. The Balaban J connectivity index is 2.13. The molecule has 1 fully saturated rings. The van der Waals surface area contributed by atoms with Crippen LogP contribution in [0.2, 0.25) is 0 Å². The topological polar surface area (TPSA) is 9.23 Å². The molecular weight excluding hydrogens is 275 g/mol. The quantitative estimate of drug-likeness (QED) is 0.743. The van der Waals surface area contributed by atoms with Crippen LogP contribution >= 0.6 is 27.5 Å². The van der Waals surface area contributed by atoms with Gasteiger partial charge in [0, 0.05) is 11.1 Å². The van der Waals surface area contributed by atoms with Crippen molar-refractivity contribution in [2.24, 2.45) is 5.92 Å². The molecule has 1 aromatic carbocycles. The van der Waals surface area contributed by atoms with Crippen LogP contribution in [0.15, 0.2) is 28.7 Å². The molecule has 1 aromatic rings. The maximum atomic E-state index is 6.42. The Kier molecular flexibility index (Phi) is 3.70. The Hall–Kier alpha value is -0.0500. The molecule has 0 spiro atoms. The molecule has 2 rings (SSSR count). The van der Waals surface area contributed by atoms with Crippen molar-refractivity contribution < 1.29 is 4.74 Å². The fourth-order valence-electron chi connectivity index (χ4n) is 1.93. The van der Waals surface area contributed by atoms with Crippen molar-refractivity contribution in [2.45, 2.75) is 24.8 Å². The van der Waals surface area contributed by atoms with E-state index in [4.69, 9.17) is 16.3 Å². The summed E-state index contributed by atoms with van der Waals surface area (Å²) in [5.41, 5.74) is 1.14. The number of hydrogen-bond acceptors (Lipinski definition) is 1. The minimum Gasteiger partial charge on any atom is -0.376 e. The highest BCUT2D eigenvalue weighted by molar-refractivity contribution is 9.10. The van der Waals surface area contributed by atoms with Crippen LogP contribution in [0.4, 0.5) is 0 Å². The van der Waals surface area contributed by atoms with Gasteiger partial charge in [-0.25, -0.2) is 0 Å². The Bertz CT molecular complexity index is 325. The van der Waals surface area contributed by atoms with E-state index in [2.05, 4.69) is 35.0 Å². The van der Waals surface area contributed by atoms with Crippen molar-refractivity contribution in [3.8, 4) is 0 Å². The maximum absolute atomic E-state index is 6.42. The van der Waals surface area contributed by atoms with E-state index in [9.17, 15) is 0 Å². The predicted molar refractivity (Wildman–Crippen MR) is 66.3 cm³/mol. The van der Waals surface area contributed by atoms with E-state index in [0.29, 0.717) is 5.92 Å². The summed E-state index contributed by atoms with van der Waals surface area (Å²) in [6.07, 6.45) is 1.28. The molecule has 3 heteroatoms. The molecule has 1 saturated heterocycles. The monoisotopic (exact) mass is 288 g/mol. The van der Waals surface area contributed by atoms with Crippen LogP contribution in [-0.4, -0.2) is 12.7 Å². The largest absolute Gasteiger partial charge is 0.376 e. The Morgan fingerprint density at radius 1 is 1.40 bits per heavy atom. The Morgan fingerprint density at radius 3 is 2.60 bits per heavy atom. The number of benzene rings is 1. The molecule has 0 radical (unpaired) electrons. The van der Waals surface area contributed by atoms with E-state index < -0.39 is 0 Å². The highest BCUT2D eigenvalue weighted by Gasteiger charge is 2.31. The lowest BCUT2D eigenvalue weighted by atomic mass is 9.97. The molecule has 15 heavy (non-hydrogen) atoms. The van der Waals surface area contributed by atoms with E-state index in [-0.39, 0.29) is 11.5 Å². The second-order valence-corrected chi connectivity index (χ2v) is 5.44. The summed E-state index contributed by atoms with van der Waals surface area (Å²) >= 11 is 9.84. The van der Waals surface area contributed by atoms with Crippen LogP contribution in [0.1, 0.15) is 24.3 Å². The molecule has 1 aliphatic heterocycles. The normalized spacial score (nSPS) is 27.9. The van der Waals surface area contributed by atoms with E-state index in [1.807, 2.05) is 12.1 Å². The molecule has 1 aliphatic rings. The van der Waals surface area contributed by atoms with Crippen LogP contribution < -0.4 is 0 Å². The van der Waals surface area contributed by atoms with Gasteiger partial charge in [0.15, 0.2) is 0 Å². The molecule has 3 atom stereocenters. The maximum Gasteiger partial charge on any atom is 0.0849 e. The summed E-state index contributed by atoms with van der Waals surface area (Å²) in [5, 5.41) is -0.0319. The van der Waals surface area contributed by atoms with Crippen molar-refractivity contribution in [2.75, 3.05) is 6.61 Å². The van der Waals surface area contributed by atoms with Gasteiger partial charge in [-0.3, -0.25) is 0 Å². The first-order chi connectivity index (χ1) is 7.18. The average Bonchev–Trinajstić information content (AvgIpc) is 2.65. The van der Waals surface area contributed by atoms with Gasteiger partial charge in [-0.2, -0.15) is 0 Å². The predicted octanol–water partition coefficient (Wildman–Crippen LogP) is 4.15. The molecule has 1 nitrogen and oxygen atoms in total. The average molecular weight is 290 g/mol. The minimum atomic E-state index is -0.0319. The zero-order chi connectivity index (χ0) is 10.8. The van der Waals surface area contributed by atoms with Crippen molar-refractivity contribution >= 4 is 27.5 Å². The number of alkyl halides is 1. The zero-order valence-corrected chi connectivity index (χ0v) is 11.0. The highest BCUT2D eigenvalue weighted by Crippen LogP contribution is 2.35. The van der Waals surface area contributed by atoms with Gasteiger partial charge < -0.3 is 4.74 Å². The second-order valence-electron chi connectivity index (χ2n) is 4.05. The van der Waals surface area contributed by atoms with Crippen molar-refractivity contribution in [3.63, 3.8) is 0 Å². The molecular formula is C12H14BrClO. The lowest BCUT2D eigenvalue weighted by Gasteiger charge is -2.20. The van der Waals surface area contributed by atoms with Crippen LogP contribution in [-0.2, 0) is 4.74 Å². The first-order valence-corrected chi connectivity index (χ1v) is 6.42. The molecule has 1 heterocycles. The molecule has 0 N–H and O–H groups in total. The molecule has 82 valence electrons. The van der Waals surface area contributed by atoms with E-state index in [1.165, 1.54) is 0 Å². The second kappa shape index (κ2) is 4.86. The van der Waals surface area contributed by atoms with Crippen LogP contribution in [0.3, 0.4) is 0 Å². The highest BCUT2D eigenvalue weighted by atomic mass is 79.9.